The van der Waals surface area contributed by atoms with Gasteiger partial charge < -0.3 is 14.4 Å². The monoisotopic (exact) mass is 512 g/mol. The summed E-state index contributed by atoms with van der Waals surface area (Å²) in [6.45, 7) is 7.82. The first kappa shape index (κ1) is 26.1. The van der Waals surface area contributed by atoms with Gasteiger partial charge in [-0.25, -0.2) is 4.98 Å². The lowest BCUT2D eigenvalue weighted by Gasteiger charge is -2.43. The smallest absolute Gasteiger partial charge is 0.430 e. The second-order valence-electron chi connectivity index (χ2n) is 9.70. The molecule has 4 nitrogen and oxygen atoms in total. The van der Waals surface area contributed by atoms with E-state index in [1.54, 1.807) is 0 Å². The molecule has 0 saturated carbocycles. The molecule has 2 aromatic carbocycles. The quantitative estimate of drug-likeness (QED) is 0.381. The Morgan fingerprint density at radius 1 is 1.00 bits per heavy atom. The highest BCUT2D eigenvalue weighted by Gasteiger charge is 2.71. The van der Waals surface area contributed by atoms with Crippen molar-refractivity contribution in [1.29, 1.82) is 0 Å². The molecule has 194 valence electrons. The lowest BCUT2D eigenvalue weighted by Crippen LogP contribution is -2.54. The van der Waals surface area contributed by atoms with Gasteiger partial charge in [-0.1, -0.05) is 50.2 Å². The standard InChI is InChI=1S/C26H26F6N2O2/c1-15(2)17-6-5-7-19(11-17)23(4,22-13-36-14-33-22)34-16(3)10-18-12-20(8-9-21(18)34)24(35,25(27,28)29)26(30,31)32/h5-9,11-16,35H,10H2,1-4H3. The van der Waals surface area contributed by atoms with Crippen molar-refractivity contribution in [2.45, 2.75) is 69.6 Å². The first-order valence-corrected chi connectivity index (χ1v) is 11.4. The van der Waals surface area contributed by atoms with E-state index >= 15 is 0 Å². The van der Waals surface area contributed by atoms with Crippen LogP contribution < -0.4 is 4.90 Å². The summed E-state index contributed by atoms with van der Waals surface area (Å²) >= 11 is 0. The number of anilines is 1. The molecule has 0 saturated heterocycles. The molecular formula is C26H26F6N2O2. The number of rotatable bonds is 5. The Morgan fingerprint density at radius 3 is 2.22 bits per heavy atom. The summed E-state index contributed by atoms with van der Waals surface area (Å²) in [4.78, 5) is 6.30. The lowest BCUT2D eigenvalue weighted by atomic mass is 9.84. The summed E-state index contributed by atoms with van der Waals surface area (Å²) in [5, 5.41) is 9.90. The maximum absolute atomic E-state index is 13.5. The van der Waals surface area contributed by atoms with E-state index in [4.69, 9.17) is 4.42 Å². The van der Waals surface area contributed by atoms with Crippen molar-refractivity contribution < 1.29 is 35.9 Å². The largest absolute Gasteiger partial charge is 0.451 e. The number of aliphatic hydroxyl groups is 1. The number of aromatic nitrogens is 1. The summed E-state index contributed by atoms with van der Waals surface area (Å²) in [5.41, 5.74) is -4.03. The molecule has 1 aliphatic rings. The molecule has 1 aromatic heterocycles. The van der Waals surface area contributed by atoms with Gasteiger partial charge in [-0.3, -0.25) is 0 Å². The first-order valence-electron chi connectivity index (χ1n) is 11.4. The zero-order chi connectivity index (χ0) is 26.7. The summed E-state index contributed by atoms with van der Waals surface area (Å²) in [5.74, 6) is 0.222. The fourth-order valence-corrected chi connectivity index (χ4v) is 5.09. The minimum atomic E-state index is -5.95. The van der Waals surface area contributed by atoms with Gasteiger partial charge in [0.1, 0.15) is 17.5 Å². The second kappa shape index (κ2) is 8.54. The third-order valence-electron chi connectivity index (χ3n) is 7.06. The SMILES string of the molecule is CC(C)c1cccc(C(C)(c2cocn2)N2c3ccc(C(O)(C(F)(F)F)C(F)(F)F)cc3CC2C)c1. The Balaban J connectivity index is 1.90. The molecule has 2 heterocycles. The predicted octanol–water partition coefficient (Wildman–Crippen LogP) is 6.82. The minimum absolute atomic E-state index is 0.173. The third kappa shape index (κ3) is 3.86. The van der Waals surface area contributed by atoms with Gasteiger partial charge in [-0.2, -0.15) is 26.3 Å². The lowest BCUT2D eigenvalue weighted by molar-refractivity contribution is -0.376. The van der Waals surface area contributed by atoms with Crippen LogP contribution in [0.2, 0.25) is 0 Å². The molecule has 3 aromatic rings. The molecule has 4 rings (SSSR count). The van der Waals surface area contributed by atoms with Crippen LogP contribution in [0.15, 0.2) is 59.5 Å². The molecule has 0 fully saturated rings. The predicted molar refractivity (Wildman–Crippen MR) is 122 cm³/mol. The van der Waals surface area contributed by atoms with E-state index in [1.165, 1.54) is 18.7 Å². The van der Waals surface area contributed by atoms with Crippen LogP contribution in [0, 0.1) is 0 Å². The van der Waals surface area contributed by atoms with Gasteiger partial charge in [0.25, 0.3) is 5.60 Å². The van der Waals surface area contributed by atoms with Crippen molar-refractivity contribution in [1.82, 2.24) is 4.98 Å². The van der Waals surface area contributed by atoms with E-state index in [-0.39, 0.29) is 23.9 Å². The van der Waals surface area contributed by atoms with E-state index in [1.807, 2.05) is 56.9 Å². The van der Waals surface area contributed by atoms with Crippen LogP contribution in [0.3, 0.4) is 0 Å². The van der Waals surface area contributed by atoms with E-state index in [2.05, 4.69) is 4.98 Å². The van der Waals surface area contributed by atoms with Crippen LogP contribution in [0.4, 0.5) is 32.0 Å². The molecular weight excluding hydrogens is 486 g/mol. The van der Waals surface area contributed by atoms with Crippen LogP contribution in [0.1, 0.15) is 61.6 Å². The highest BCUT2D eigenvalue weighted by Crippen LogP contribution is 2.52. The van der Waals surface area contributed by atoms with Crippen molar-refractivity contribution in [2.75, 3.05) is 4.90 Å². The topological polar surface area (TPSA) is 49.5 Å². The number of nitrogens with zero attached hydrogens (tertiary/aromatic N) is 2. The van der Waals surface area contributed by atoms with Gasteiger partial charge in [0.05, 0.1) is 0 Å². The Hall–Kier alpha value is -3.01. The van der Waals surface area contributed by atoms with Crippen molar-refractivity contribution >= 4 is 5.69 Å². The van der Waals surface area contributed by atoms with E-state index in [9.17, 15) is 31.4 Å². The zero-order valence-electron chi connectivity index (χ0n) is 20.1. The molecule has 0 radical (unpaired) electrons. The van der Waals surface area contributed by atoms with Crippen LogP contribution >= 0.6 is 0 Å². The number of hydrogen-bond donors (Lipinski definition) is 1. The van der Waals surface area contributed by atoms with Gasteiger partial charge in [-0.05, 0) is 48.9 Å². The molecule has 0 bridgehead atoms. The normalized spacial score (nSPS) is 18.4. The molecule has 2 unspecified atom stereocenters. The molecule has 0 amide bonds. The van der Waals surface area contributed by atoms with Gasteiger partial charge in [0.15, 0.2) is 6.39 Å². The fourth-order valence-electron chi connectivity index (χ4n) is 5.09. The Morgan fingerprint density at radius 2 is 1.67 bits per heavy atom. The number of fused-ring (bicyclic) bond motifs is 1. The van der Waals surface area contributed by atoms with Gasteiger partial charge >= 0.3 is 12.4 Å². The average molecular weight is 512 g/mol. The molecule has 1 N–H and O–H groups in total. The van der Waals surface area contributed by atoms with Crippen LogP contribution in [0.25, 0.3) is 0 Å². The van der Waals surface area contributed by atoms with Gasteiger partial charge in [0.2, 0.25) is 0 Å². The molecule has 0 spiro atoms. The highest BCUT2D eigenvalue weighted by molar-refractivity contribution is 5.65. The van der Waals surface area contributed by atoms with Crippen LogP contribution in [-0.4, -0.2) is 28.5 Å². The summed E-state index contributed by atoms with van der Waals surface area (Å²) in [6.07, 6.45) is -8.97. The average Bonchev–Trinajstić information content (AvgIpc) is 3.44. The molecule has 10 heteroatoms. The Bertz CT molecular complexity index is 1220. The van der Waals surface area contributed by atoms with Crippen LogP contribution in [-0.2, 0) is 17.6 Å². The number of hydrogen-bond acceptors (Lipinski definition) is 4. The van der Waals surface area contributed by atoms with Crippen LogP contribution in [0.5, 0.6) is 0 Å². The molecule has 1 aliphatic heterocycles. The Kier molecular flexibility index (Phi) is 6.18. The summed E-state index contributed by atoms with van der Waals surface area (Å²) in [6, 6.07) is 10.2. The second-order valence-corrected chi connectivity index (χ2v) is 9.70. The van der Waals surface area contributed by atoms with Crippen molar-refractivity contribution in [3.05, 3.63) is 83.1 Å². The van der Waals surface area contributed by atoms with E-state index in [0.29, 0.717) is 17.4 Å². The highest BCUT2D eigenvalue weighted by atomic mass is 19.4. The van der Waals surface area contributed by atoms with E-state index < -0.39 is 29.1 Å². The van der Waals surface area contributed by atoms with Gasteiger partial charge in [0, 0.05) is 17.3 Å². The summed E-state index contributed by atoms with van der Waals surface area (Å²) in [7, 11) is 0. The fraction of sp³-hybridized carbons (Fsp3) is 0.423. The van der Waals surface area contributed by atoms with Crippen molar-refractivity contribution in [3.63, 3.8) is 0 Å². The molecule has 2 atom stereocenters. The first-order chi connectivity index (χ1) is 16.6. The number of halogens is 6. The maximum Gasteiger partial charge on any atom is 0.430 e. The molecule has 0 aliphatic carbocycles. The van der Waals surface area contributed by atoms with Gasteiger partial charge in [-0.15, -0.1) is 0 Å². The van der Waals surface area contributed by atoms with Crippen molar-refractivity contribution in [2.24, 2.45) is 0 Å². The zero-order valence-corrected chi connectivity index (χ0v) is 20.1. The van der Waals surface area contributed by atoms with Crippen molar-refractivity contribution in [3.8, 4) is 0 Å². The molecule has 36 heavy (non-hydrogen) atoms. The van der Waals surface area contributed by atoms with E-state index in [0.717, 1.165) is 17.2 Å². The number of oxazole rings is 1. The third-order valence-corrected chi connectivity index (χ3v) is 7.06. The Labute approximate surface area is 204 Å². The minimum Gasteiger partial charge on any atom is -0.451 e. The number of benzene rings is 2. The number of alkyl halides is 6. The maximum atomic E-state index is 13.5. The summed E-state index contributed by atoms with van der Waals surface area (Å²) < 4.78 is 86.2.